The average molecular weight is 442 g/mol. The molecule has 5 aromatic rings. The molecule has 2 aromatic carbocycles. The molecular formula is C24H22N6O3. The van der Waals surface area contributed by atoms with Crippen molar-refractivity contribution < 1.29 is 13.7 Å². The Morgan fingerprint density at radius 3 is 2.45 bits per heavy atom. The van der Waals surface area contributed by atoms with E-state index >= 15 is 0 Å². The van der Waals surface area contributed by atoms with Gasteiger partial charge in [-0.1, -0.05) is 46.8 Å². The maximum Gasteiger partial charge on any atom is 0.280 e. The molecule has 9 nitrogen and oxygen atoms in total. The van der Waals surface area contributed by atoms with Gasteiger partial charge in [0, 0.05) is 5.56 Å². The van der Waals surface area contributed by atoms with Gasteiger partial charge in [0.05, 0.1) is 24.9 Å². The third-order valence-corrected chi connectivity index (χ3v) is 5.53. The van der Waals surface area contributed by atoms with Crippen LogP contribution in [0.4, 0.5) is 0 Å². The van der Waals surface area contributed by atoms with Gasteiger partial charge in [0.1, 0.15) is 17.2 Å². The highest BCUT2D eigenvalue weighted by Gasteiger charge is 2.21. The predicted octanol–water partition coefficient (Wildman–Crippen LogP) is 4.63. The largest absolute Gasteiger partial charge is 0.496 e. The lowest BCUT2D eigenvalue weighted by molar-refractivity contribution is 0.414. The van der Waals surface area contributed by atoms with Gasteiger partial charge in [-0.3, -0.25) is 0 Å². The Labute approximate surface area is 190 Å². The monoisotopic (exact) mass is 442 g/mol. The molecule has 0 spiro atoms. The smallest absolute Gasteiger partial charge is 0.280 e. The Morgan fingerprint density at radius 2 is 1.67 bits per heavy atom. The maximum atomic E-state index is 5.92. The third-order valence-electron chi connectivity index (χ3n) is 5.53. The number of hydrogen-bond donors (Lipinski definition) is 0. The molecule has 3 aromatic heterocycles. The van der Waals surface area contributed by atoms with E-state index in [0.717, 1.165) is 28.1 Å². The number of ether oxygens (including phenoxy) is 1. The van der Waals surface area contributed by atoms with Crippen LogP contribution in [0.1, 0.15) is 22.7 Å². The normalized spacial score (nSPS) is 11.2. The van der Waals surface area contributed by atoms with Crippen molar-refractivity contribution in [1.29, 1.82) is 0 Å². The van der Waals surface area contributed by atoms with Crippen molar-refractivity contribution in [2.45, 2.75) is 27.3 Å². The van der Waals surface area contributed by atoms with Crippen molar-refractivity contribution in [3.8, 4) is 40.2 Å². The topological polar surface area (TPSA) is 105 Å². The number of hydrogen-bond acceptors (Lipinski definition) is 8. The van der Waals surface area contributed by atoms with Crippen molar-refractivity contribution in [3.05, 3.63) is 71.2 Å². The van der Waals surface area contributed by atoms with E-state index in [-0.39, 0.29) is 0 Å². The summed E-state index contributed by atoms with van der Waals surface area (Å²) < 4.78 is 18.6. The zero-order chi connectivity index (χ0) is 22.9. The van der Waals surface area contributed by atoms with E-state index in [2.05, 4.69) is 25.4 Å². The first-order valence-corrected chi connectivity index (χ1v) is 10.4. The minimum absolute atomic E-state index is 0.323. The summed E-state index contributed by atoms with van der Waals surface area (Å²) in [7, 11) is 1.62. The van der Waals surface area contributed by atoms with Crippen LogP contribution in [0.3, 0.4) is 0 Å². The Morgan fingerprint density at radius 1 is 0.909 bits per heavy atom. The molecule has 0 amide bonds. The molecule has 0 aliphatic carbocycles. The number of aromatic nitrogens is 6. The van der Waals surface area contributed by atoms with E-state index in [9.17, 15) is 0 Å². The van der Waals surface area contributed by atoms with Gasteiger partial charge in [0.15, 0.2) is 5.69 Å². The summed E-state index contributed by atoms with van der Waals surface area (Å²) in [6.45, 7) is 6.18. The Hall–Kier alpha value is -4.27. The first-order chi connectivity index (χ1) is 16.0. The van der Waals surface area contributed by atoms with Crippen molar-refractivity contribution in [2.75, 3.05) is 7.11 Å². The van der Waals surface area contributed by atoms with Crippen LogP contribution < -0.4 is 4.74 Å². The highest BCUT2D eigenvalue weighted by atomic mass is 16.5. The number of rotatable bonds is 6. The number of methoxy groups -OCH3 is 1. The van der Waals surface area contributed by atoms with Crippen LogP contribution >= 0.6 is 0 Å². The van der Waals surface area contributed by atoms with Gasteiger partial charge in [0.25, 0.3) is 5.89 Å². The molecule has 0 saturated carbocycles. The molecule has 0 radical (unpaired) electrons. The van der Waals surface area contributed by atoms with Gasteiger partial charge in [0.2, 0.25) is 11.7 Å². The average Bonchev–Trinajstić information content (AvgIpc) is 3.54. The highest BCUT2D eigenvalue weighted by Crippen LogP contribution is 2.31. The minimum atomic E-state index is 0.323. The van der Waals surface area contributed by atoms with E-state index in [1.54, 1.807) is 11.8 Å². The van der Waals surface area contributed by atoms with Crippen LogP contribution in [0.2, 0.25) is 0 Å². The van der Waals surface area contributed by atoms with E-state index in [4.69, 9.17) is 13.7 Å². The lowest BCUT2D eigenvalue weighted by Gasteiger charge is -2.03. The zero-order valence-electron chi connectivity index (χ0n) is 18.7. The fourth-order valence-electron chi connectivity index (χ4n) is 3.61. The molecule has 0 bridgehead atoms. The molecule has 5 rings (SSSR count). The number of nitrogens with zero attached hydrogens (tertiary/aromatic N) is 6. The van der Waals surface area contributed by atoms with E-state index in [0.29, 0.717) is 41.4 Å². The second kappa shape index (κ2) is 8.34. The van der Waals surface area contributed by atoms with Crippen LogP contribution in [0.25, 0.3) is 34.4 Å². The second-order valence-electron chi connectivity index (χ2n) is 7.64. The fourth-order valence-corrected chi connectivity index (χ4v) is 3.61. The molecule has 0 atom stereocenters. The number of aryl methyl sites for hydroxylation is 2. The molecule has 166 valence electrons. The second-order valence-corrected chi connectivity index (χ2v) is 7.64. The Balaban J connectivity index is 1.42. The first kappa shape index (κ1) is 20.6. The molecule has 0 fully saturated rings. The predicted molar refractivity (Wildman–Crippen MR) is 121 cm³/mol. The molecule has 3 heterocycles. The highest BCUT2D eigenvalue weighted by molar-refractivity contribution is 5.63. The van der Waals surface area contributed by atoms with Crippen LogP contribution in [-0.2, 0) is 6.54 Å². The van der Waals surface area contributed by atoms with Gasteiger partial charge in [-0.05, 0) is 38.5 Å². The Kier molecular flexibility index (Phi) is 5.21. The molecule has 0 N–H and O–H groups in total. The number of para-hydroxylation sites is 1. The van der Waals surface area contributed by atoms with Gasteiger partial charge < -0.3 is 13.7 Å². The quantitative estimate of drug-likeness (QED) is 0.375. The van der Waals surface area contributed by atoms with Crippen LogP contribution in [0.5, 0.6) is 5.75 Å². The van der Waals surface area contributed by atoms with Crippen molar-refractivity contribution >= 4 is 0 Å². The summed E-state index contributed by atoms with van der Waals surface area (Å²) in [5.41, 5.74) is 4.85. The lowest BCUT2D eigenvalue weighted by atomic mass is 10.1. The summed E-state index contributed by atoms with van der Waals surface area (Å²) in [5, 5.41) is 12.7. The first-order valence-electron chi connectivity index (χ1n) is 10.4. The maximum absolute atomic E-state index is 5.92. The van der Waals surface area contributed by atoms with Crippen LogP contribution in [0.15, 0.2) is 57.5 Å². The van der Waals surface area contributed by atoms with E-state index in [1.807, 2.05) is 69.3 Å². The summed E-state index contributed by atoms with van der Waals surface area (Å²) in [4.78, 5) is 9.21. The number of benzene rings is 2. The number of oxazole rings is 1. The van der Waals surface area contributed by atoms with Gasteiger partial charge in [-0.15, -0.1) is 5.10 Å². The molecule has 0 aliphatic rings. The third kappa shape index (κ3) is 3.78. The summed E-state index contributed by atoms with van der Waals surface area (Å²) >= 11 is 0. The van der Waals surface area contributed by atoms with E-state index < -0.39 is 0 Å². The van der Waals surface area contributed by atoms with Gasteiger partial charge >= 0.3 is 0 Å². The zero-order valence-corrected chi connectivity index (χ0v) is 18.7. The molecule has 33 heavy (non-hydrogen) atoms. The summed E-state index contributed by atoms with van der Waals surface area (Å²) in [6.07, 6.45) is 0. The SMILES string of the molecule is COc1ccccc1-c1nc(Cn2nnc(-c3nc(-c4ccccc4C)no3)c2C)c(C)o1. The minimum Gasteiger partial charge on any atom is -0.496 e. The van der Waals surface area contributed by atoms with Crippen LogP contribution in [0, 0.1) is 20.8 Å². The van der Waals surface area contributed by atoms with Gasteiger partial charge in [-0.2, -0.15) is 4.98 Å². The van der Waals surface area contributed by atoms with Crippen molar-refractivity contribution in [1.82, 2.24) is 30.1 Å². The summed E-state index contributed by atoms with van der Waals surface area (Å²) in [6, 6.07) is 15.5. The molecular weight excluding hydrogens is 420 g/mol. The molecule has 9 heteroatoms. The van der Waals surface area contributed by atoms with E-state index in [1.165, 1.54) is 0 Å². The molecule has 0 unspecified atom stereocenters. The van der Waals surface area contributed by atoms with Crippen molar-refractivity contribution in [3.63, 3.8) is 0 Å². The molecule has 0 saturated heterocycles. The van der Waals surface area contributed by atoms with Crippen molar-refractivity contribution in [2.24, 2.45) is 0 Å². The van der Waals surface area contributed by atoms with Crippen LogP contribution in [-0.4, -0.2) is 37.2 Å². The van der Waals surface area contributed by atoms with Gasteiger partial charge in [-0.25, -0.2) is 9.67 Å². The standard InChI is InChI=1S/C24H22N6O3/c1-14-9-5-6-10-17(14)22-26-24(33-28-22)21-15(2)30(29-27-21)13-19-16(3)32-23(25-19)18-11-7-8-12-20(18)31-4/h5-12H,13H2,1-4H3. The fraction of sp³-hybridized carbons (Fsp3) is 0.208. The summed E-state index contributed by atoms with van der Waals surface area (Å²) in [5.74, 6) is 2.74. The molecule has 0 aliphatic heterocycles. The Bertz CT molecular complexity index is 1430. The lowest BCUT2D eigenvalue weighted by Crippen LogP contribution is -2.05.